The third kappa shape index (κ3) is 3.67. The second kappa shape index (κ2) is 6.99. The van der Waals surface area contributed by atoms with Crippen LogP contribution < -0.4 is 5.73 Å². The van der Waals surface area contributed by atoms with Gasteiger partial charge >= 0.3 is 0 Å². The van der Waals surface area contributed by atoms with Crippen LogP contribution in [-0.2, 0) is 13.1 Å². The Bertz CT molecular complexity index is 608. The van der Waals surface area contributed by atoms with Gasteiger partial charge in [-0.3, -0.25) is 9.78 Å². The van der Waals surface area contributed by atoms with E-state index in [1.54, 1.807) is 11.1 Å². The van der Waals surface area contributed by atoms with Gasteiger partial charge in [0.05, 0.1) is 5.56 Å². The molecule has 1 aromatic heterocycles. The van der Waals surface area contributed by atoms with E-state index < -0.39 is 0 Å². The van der Waals surface area contributed by atoms with Gasteiger partial charge in [-0.15, -0.1) is 0 Å². The van der Waals surface area contributed by atoms with E-state index in [1.807, 2.05) is 50.2 Å². The minimum Gasteiger partial charge on any atom is -0.335 e. The topological polar surface area (TPSA) is 59.2 Å². The Kier molecular flexibility index (Phi) is 5.06. The third-order valence-corrected chi connectivity index (χ3v) is 3.53. The van der Waals surface area contributed by atoms with Crippen LogP contribution in [0.15, 0.2) is 42.6 Å². The molecule has 0 unspecified atom stereocenters. The van der Waals surface area contributed by atoms with Gasteiger partial charge in [0.1, 0.15) is 0 Å². The maximum Gasteiger partial charge on any atom is 0.255 e. The summed E-state index contributed by atoms with van der Waals surface area (Å²) in [6.07, 6.45) is 1.63. The number of carbonyl (C=O) groups excluding carboxylic acids is 1. The second-order valence-corrected chi connectivity index (χ2v) is 4.98. The first-order valence-electron chi connectivity index (χ1n) is 7.14. The molecule has 0 radical (unpaired) electrons. The highest BCUT2D eigenvalue weighted by molar-refractivity contribution is 5.93. The van der Waals surface area contributed by atoms with Crippen molar-refractivity contribution in [3.05, 3.63) is 65.0 Å². The minimum absolute atomic E-state index is 0.00294. The van der Waals surface area contributed by atoms with Gasteiger partial charge in [0.2, 0.25) is 0 Å². The Balaban J connectivity index is 2.19. The second-order valence-electron chi connectivity index (χ2n) is 4.98. The molecule has 0 aliphatic heterocycles. The lowest BCUT2D eigenvalue weighted by molar-refractivity contribution is 0.0752. The lowest BCUT2D eigenvalue weighted by atomic mass is 10.1. The number of amides is 1. The van der Waals surface area contributed by atoms with Crippen LogP contribution in [0.5, 0.6) is 0 Å². The van der Waals surface area contributed by atoms with Crippen LogP contribution in [0.3, 0.4) is 0 Å². The molecule has 2 N–H and O–H groups in total. The normalized spacial score (nSPS) is 10.4. The Morgan fingerprint density at radius 2 is 1.90 bits per heavy atom. The van der Waals surface area contributed by atoms with E-state index in [4.69, 9.17) is 5.73 Å². The van der Waals surface area contributed by atoms with Crippen LogP contribution in [0.25, 0.3) is 0 Å². The molecule has 4 heteroatoms. The van der Waals surface area contributed by atoms with Gasteiger partial charge in [-0.2, -0.15) is 0 Å². The first-order chi connectivity index (χ1) is 10.2. The monoisotopic (exact) mass is 283 g/mol. The van der Waals surface area contributed by atoms with Crippen molar-refractivity contribution >= 4 is 5.91 Å². The summed E-state index contributed by atoms with van der Waals surface area (Å²) in [6.45, 7) is 5.57. The Morgan fingerprint density at radius 1 is 1.19 bits per heavy atom. The number of aryl methyl sites for hydroxylation is 1. The third-order valence-electron chi connectivity index (χ3n) is 3.53. The van der Waals surface area contributed by atoms with Crippen molar-refractivity contribution in [2.45, 2.75) is 26.9 Å². The number of benzene rings is 1. The summed E-state index contributed by atoms with van der Waals surface area (Å²) in [6, 6.07) is 11.6. The summed E-state index contributed by atoms with van der Waals surface area (Å²) in [5, 5.41) is 0. The molecule has 0 spiro atoms. The maximum atomic E-state index is 12.5. The van der Waals surface area contributed by atoms with Gasteiger partial charge in [-0.05, 0) is 37.1 Å². The molecule has 21 heavy (non-hydrogen) atoms. The number of pyridine rings is 1. The van der Waals surface area contributed by atoms with Crippen molar-refractivity contribution in [3.63, 3.8) is 0 Å². The number of aromatic nitrogens is 1. The molecule has 0 fully saturated rings. The SMILES string of the molecule is CCN(Cc1ccccc1CN)C(=O)c1ccc(C)nc1. The number of carbonyl (C=O) groups is 1. The molecular formula is C17H21N3O. The van der Waals surface area contributed by atoms with E-state index in [9.17, 15) is 4.79 Å². The number of hydrogen-bond acceptors (Lipinski definition) is 3. The Hall–Kier alpha value is -2.20. The highest BCUT2D eigenvalue weighted by Gasteiger charge is 2.15. The molecule has 0 aliphatic rings. The van der Waals surface area contributed by atoms with Gasteiger partial charge in [0.25, 0.3) is 5.91 Å². The highest BCUT2D eigenvalue weighted by Crippen LogP contribution is 2.13. The number of hydrogen-bond donors (Lipinski definition) is 1. The van der Waals surface area contributed by atoms with Crippen molar-refractivity contribution in [3.8, 4) is 0 Å². The van der Waals surface area contributed by atoms with Gasteiger partial charge in [-0.25, -0.2) is 0 Å². The molecule has 1 heterocycles. The van der Waals surface area contributed by atoms with E-state index in [0.717, 1.165) is 16.8 Å². The molecule has 0 saturated heterocycles. The molecule has 4 nitrogen and oxygen atoms in total. The molecular weight excluding hydrogens is 262 g/mol. The first-order valence-corrected chi connectivity index (χ1v) is 7.14. The largest absolute Gasteiger partial charge is 0.335 e. The maximum absolute atomic E-state index is 12.5. The zero-order valence-corrected chi connectivity index (χ0v) is 12.5. The van der Waals surface area contributed by atoms with E-state index in [0.29, 0.717) is 25.2 Å². The van der Waals surface area contributed by atoms with Gasteiger partial charge in [-0.1, -0.05) is 24.3 Å². The fraction of sp³-hybridized carbons (Fsp3) is 0.294. The average Bonchev–Trinajstić information content (AvgIpc) is 2.53. The minimum atomic E-state index is -0.00294. The fourth-order valence-electron chi connectivity index (χ4n) is 2.22. The molecule has 0 aliphatic carbocycles. The zero-order chi connectivity index (χ0) is 15.2. The van der Waals surface area contributed by atoms with Crippen LogP contribution >= 0.6 is 0 Å². The number of nitrogens with two attached hydrogens (primary N) is 1. The van der Waals surface area contributed by atoms with Crippen LogP contribution in [0.4, 0.5) is 0 Å². The van der Waals surface area contributed by atoms with Crippen molar-refractivity contribution in [1.82, 2.24) is 9.88 Å². The molecule has 1 amide bonds. The Morgan fingerprint density at radius 3 is 2.48 bits per heavy atom. The van der Waals surface area contributed by atoms with E-state index >= 15 is 0 Å². The molecule has 1 aromatic carbocycles. The van der Waals surface area contributed by atoms with Crippen LogP contribution in [-0.4, -0.2) is 22.3 Å². The summed E-state index contributed by atoms with van der Waals surface area (Å²) in [4.78, 5) is 18.5. The first kappa shape index (κ1) is 15.2. The quantitative estimate of drug-likeness (QED) is 0.917. The molecule has 0 bridgehead atoms. The summed E-state index contributed by atoms with van der Waals surface area (Å²) < 4.78 is 0. The summed E-state index contributed by atoms with van der Waals surface area (Å²) in [5.74, 6) is -0.00294. The van der Waals surface area contributed by atoms with E-state index in [1.165, 1.54) is 0 Å². The smallest absolute Gasteiger partial charge is 0.255 e. The summed E-state index contributed by atoms with van der Waals surface area (Å²) in [7, 11) is 0. The number of rotatable bonds is 5. The highest BCUT2D eigenvalue weighted by atomic mass is 16.2. The van der Waals surface area contributed by atoms with Gasteiger partial charge in [0.15, 0.2) is 0 Å². The number of nitrogens with zero attached hydrogens (tertiary/aromatic N) is 2. The predicted octanol–water partition coefficient (Wildman–Crippen LogP) is 2.51. The van der Waals surface area contributed by atoms with Crippen LogP contribution in [0.1, 0.15) is 34.1 Å². The van der Waals surface area contributed by atoms with Crippen molar-refractivity contribution in [2.75, 3.05) is 6.54 Å². The summed E-state index contributed by atoms with van der Waals surface area (Å²) >= 11 is 0. The zero-order valence-electron chi connectivity index (χ0n) is 12.5. The lowest BCUT2D eigenvalue weighted by Crippen LogP contribution is -2.31. The van der Waals surface area contributed by atoms with Crippen LogP contribution in [0, 0.1) is 6.92 Å². The molecule has 2 rings (SSSR count). The fourth-order valence-corrected chi connectivity index (χ4v) is 2.22. The van der Waals surface area contributed by atoms with Gasteiger partial charge < -0.3 is 10.6 Å². The summed E-state index contributed by atoms with van der Waals surface area (Å²) in [5.41, 5.74) is 9.45. The molecule has 110 valence electrons. The molecule has 2 aromatic rings. The Labute approximate surface area is 125 Å². The van der Waals surface area contributed by atoms with Crippen LogP contribution in [0.2, 0.25) is 0 Å². The van der Waals surface area contributed by atoms with Crippen molar-refractivity contribution < 1.29 is 4.79 Å². The average molecular weight is 283 g/mol. The van der Waals surface area contributed by atoms with E-state index in [2.05, 4.69) is 4.98 Å². The molecule has 0 saturated carbocycles. The van der Waals surface area contributed by atoms with E-state index in [-0.39, 0.29) is 5.91 Å². The van der Waals surface area contributed by atoms with Crippen molar-refractivity contribution in [1.29, 1.82) is 0 Å². The van der Waals surface area contributed by atoms with Gasteiger partial charge in [0, 0.05) is 31.5 Å². The standard InChI is InChI=1S/C17H21N3O/c1-3-20(12-16-7-5-4-6-14(16)10-18)17(21)15-9-8-13(2)19-11-15/h4-9,11H,3,10,12,18H2,1-2H3. The molecule has 0 atom stereocenters. The lowest BCUT2D eigenvalue weighted by Gasteiger charge is -2.22. The van der Waals surface area contributed by atoms with Crippen molar-refractivity contribution in [2.24, 2.45) is 5.73 Å². The predicted molar refractivity (Wildman–Crippen MR) is 83.7 cm³/mol.